The van der Waals surface area contributed by atoms with Crippen LogP contribution in [0.3, 0.4) is 0 Å². The van der Waals surface area contributed by atoms with E-state index in [0.29, 0.717) is 15.6 Å². The lowest BCUT2D eigenvalue weighted by atomic mass is 10.00. The van der Waals surface area contributed by atoms with Gasteiger partial charge in [0.1, 0.15) is 0 Å². The van der Waals surface area contributed by atoms with Crippen molar-refractivity contribution in [2.45, 2.75) is 6.42 Å². The highest BCUT2D eigenvalue weighted by Crippen LogP contribution is 2.24. The lowest BCUT2D eigenvalue weighted by molar-refractivity contribution is 0.0994. The number of pyridine rings is 1. The van der Waals surface area contributed by atoms with E-state index in [0.717, 1.165) is 16.5 Å². The van der Waals surface area contributed by atoms with Crippen molar-refractivity contribution >= 4 is 39.9 Å². The summed E-state index contributed by atoms with van der Waals surface area (Å²) in [5.74, 6) is 0.0342. The molecule has 0 aliphatic rings. The quantitative estimate of drug-likeness (QED) is 0.639. The van der Waals surface area contributed by atoms with Crippen LogP contribution in [0.4, 0.5) is 0 Å². The standard InChI is InChI=1S/C17H11Cl2NO/c18-14-6-5-11(9-15(14)19)10-17(21)13-7-8-20-16-4-2-1-3-12(13)16/h1-9H,10H2. The Morgan fingerprint density at radius 2 is 1.81 bits per heavy atom. The number of carbonyl (C=O) groups is 1. The molecule has 0 bridgehead atoms. The maximum atomic E-state index is 12.5. The summed E-state index contributed by atoms with van der Waals surface area (Å²) >= 11 is 11.9. The van der Waals surface area contributed by atoms with Gasteiger partial charge in [0.25, 0.3) is 0 Å². The highest BCUT2D eigenvalue weighted by atomic mass is 35.5. The molecule has 2 aromatic carbocycles. The second-order valence-electron chi connectivity index (χ2n) is 4.72. The number of nitrogens with zero attached hydrogens (tertiary/aromatic N) is 1. The van der Waals surface area contributed by atoms with Gasteiger partial charge in [-0.2, -0.15) is 0 Å². The van der Waals surface area contributed by atoms with Gasteiger partial charge in [-0.05, 0) is 29.8 Å². The summed E-state index contributed by atoms with van der Waals surface area (Å²) in [6, 6.07) is 14.6. The molecule has 3 rings (SSSR count). The molecule has 0 atom stereocenters. The maximum Gasteiger partial charge on any atom is 0.167 e. The molecule has 0 N–H and O–H groups in total. The van der Waals surface area contributed by atoms with Crippen molar-refractivity contribution in [2.75, 3.05) is 0 Å². The van der Waals surface area contributed by atoms with E-state index in [1.807, 2.05) is 30.3 Å². The van der Waals surface area contributed by atoms with Crippen molar-refractivity contribution in [3.05, 3.63) is 75.9 Å². The van der Waals surface area contributed by atoms with Crippen molar-refractivity contribution in [1.29, 1.82) is 0 Å². The first-order valence-corrected chi connectivity index (χ1v) is 7.21. The number of hydrogen-bond donors (Lipinski definition) is 0. The second kappa shape index (κ2) is 5.84. The fourth-order valence-corrected chi connectivity index (χ4v) is 2.59. The molecule has 0 fully saturated rings. The molecule has 0 radical (unpaired) electrons. The van der Waals surface area contributed by atoms with Crippen LogP contribution in [0.5, 0.6) is 0 Å². The van der Waals surface area contributed by atoms with Crippen LogP contribution in [0.25, 0.3) is 10.9 Å². The average molecular weight is 316 g/mol. The number of halogens is 2. The summed E-state index contributed by atoms with van der Waals surface area (Å²) in [5.41, 5.74) is 2.33. The lowest BCUT2D eigenvalue weighted by Crippen LogP contribution is -2.04. The number of rotatable bonds is 3. The molecular formula is C17H11Cl2NO. The molecule has 0 aliphatic heterocycles. The zero-order valence-corrected chi connectivity index (χ0v) is 12.5. The predicted molar refractivity (Wildman–Crippen MR) is 86.2 cm³/mol. The molecule has 2 nitrogen and oxygen atoms in total. The minimum absolute atomic E-state index is 0.0342. The van der Waals surface area contributed by atoms with Crippen LogP contribution >= 0.6 is 23.2 Å². The van der Waals surface area contributed by atoms with Crippen molar-refractivity contribution in [3.63, 3.8) is 0 Å². The van der Waals surface area contributed by atoms with Gasteiger partial charge >= 0.3 is 0 Å². The van der Waals surface area contributed by atoms with Crippen molar-refractivity contribution in [3.8, 4) is 0 Å². The Bertz CT molecular complexity index is 825. The molecule has 1 heterocycles. The third-order valence-corrected chi connectivity index (χ3v) is 4.04. The lowest BCUT2D eigenvalue weighted by Gasteiger charge is -2.06. The molecule has 21 heavy (non-hydrogen) atoms. The van der Waals surface area contributed by atoms with E-state index in [-0.39, 0.29) is 12.2 Å². The predicted octanol–water partition coefficient (Wildman–Crippen LogP) is 4.97. The van der Waals surface area contributed by atoms with Crippen LogP contribution in [0.2, 0.25) is 10.0 Å². The Morgan fingerprint density at radius 3 is 2.62 bits per heavy atom. The van der Waals surface area contributed by atoms with Crippen molar-refractivity contribution < 1.29 is 4.79 Å². The van der Waals surface area contributed by atoms with Crippen LogP contribution in [0.1, 0.15) is 15.9 Å². The molecule has 0 aliphatic carbocycles. The summed E-state index contributed by atoms with van der Waals surface area (Å²) in [5, 5.41) is 1.81. The number of ketones is 1. The average Bonchev–Trinajstić information content (AvgIpc) is 2.50. The number of fused-ring (bicyclic) bond motifs is 1. The fraction of sp³-hybridized carbons (Fsp3) is 0.0588. The normalized spacial score (nSPS) is 10.8. The molecule has 0 saturated carbocycles. The monoisotopic (exact) mass is 315 g/mol. The van der Waals surface area contributed by atoms with E-state index < -0.39 is 0 Å². The molecule has 1 aromatic heterocycles. The Labute approximate surface area is 132 Å². The van der Waals surface area contributed by atoms with Gasteiger partial charge < -0.3 is 0 Å². The molecule has 0 unspecified atom stereocenters. The van der Waals surface area contributed by atoms with Crippen LogP contribution < -0.4 is 0 Å². The highest BCUT2D eigenvalue weighted by molar-refractivity contribution is 6.42. The van der Waals surface area contributed by atoms with Gasteiger partial charge in [-0.15, -0.1) is 0 Å². The molecule has 0 amide bonds. The minimum atomic E-state index is 0.0342. The van der Waals surface area contributed by atoms with Crippen LogP contribution in [0, 0.1) is 0 Å². The Morgan fingerprint density at radius 1 is 1.00 bits per heavy atom. The topological polar surface area (TPSA) is 30.0 Å². The van der Waals surface area contributed by atoms with Crippen molar-refractivity contribution in [2.24, 2.45) is 0 Å². The zero-order chi connectivity index (χ0) is 14.8. The number of aromatic nitrogens is 1. The molecule has 4 heteroatoms. The van der Waals surface area contributed by atoms with E-state index in [2.05, 4.69) is 4.98 Å². The molecule has 0 spiro atoms. The SMILES string of the molecule is O=C(Cc1ccc(Cl)c(Cl)c1)c1ccnc2ccccc12. The van der Waals surface area contributed by atoms with E-state index in [4.69, 9.17) is 23.2 Å². The van der Waals surface area contributed by atoms with E-state index in [1.165, 1.54) is 0 Å². The number of hydrogen-bond acceptors (Lipinski definition) is 2. The fourth-order valence-electron chi connectivity index (χ4n) is 2.27. The van der Waals surface area contributed by atoms with Crippen molar-refractivity contribution in [1.82, 2.24) is 4.98 Å². The molecular weight excluding hydrogens is 305 g/mol. The third kappa shape index (κ3) is 2.92. The largest absolute Gasteiger partial charge is 0.294 e. The number of Topliss-reactive ketones (excluding diaryl/α,β-unsaturated/α-hetero) is 1. The van der Waals surface area contributed by atoms with E-state index >= 15 is 0 Å². The van der Waals surface area contributed by atoms with Gasteiger partial charge in [0.15, 0.2) is 5.78 Å². The van der Waals surface area contributed by atoms with Gasteiger partial charge in [-0.1, -0.05) is 47.5 Å². The zero-order valence-electron chi connectivity index (χ0n) is 11.0. The maximum absolute atomic E-state index is 12.5. The summed E-state index contributed by atoms with van der Waals surface area (Å²) in [7, 11) is 0. The Kier molecular flexibility index (Phi) is 3.91. The van der Waals surface area contributed by atoms with Gasteiger partial charge in [0.05, 0.1) is 15.6 Å². The summed E-state index contributed by atoms with van der Waals surface area (Å²) < 4.78 is 0. The summed E-state index contributed by atoms with van der Waals surface area (Å²) in [4.78, 5) is 16.8. The highest BCUT2D eigenvalue weighted by Gasteiger charge is 2.12. The van der Waals surface area contributed by atoms with E-state index in [9.17, 15) is 4.79 Å². The summed E-state index contributed by atoms with van der Waals surface area (Å²) in [6.07, 6.45) is 1.94. The van der Waals surface area contributed by atoms with Gasteiger partial charge in [0, 0.05) is 23.6 Å². The van der Waals surface area contributed by atoms with Crippen LogP contribution in [-0.4, -0.2) is 10.8 Å². The minimum Gasteiger partial charge on any atom is -0.294 e. The summed E-state index contributed by atoms with van der Waals surface area (Å²) in [6.45, 7) is 0. The van der Waals surface area contributed by atoms with Gasteiger partial charge in [0.2, 0.25) is 0 Å². The Balaban J connectivity index is 1.95. The van der Waals surface area contributed by atoms with Crippen LogP contribution in [0.15, 0.2) is 54.7 Å². The second-order valence-corrected chi connectivity index (χ2v) is 5.54. The smallest absolute Gasteiger partial charge is 0.167 e. The first-order valence-electron chi connectivity index (χ1n) is 6.46. The van der Waals surface area contributed by atoms with Crippen LogP contribution in [-0.2, 0) is 6.42 Å². The number of carbonyl (C=O) groups excluding carboxylic acids is 1. The number of benzene rings is 2. The molecule has 3 aromatic rings. The molecule has 0 saturated heterocycles. The van der Waals surface area contributed by atoms with E-state index in [1.54, 1.807) is 24.4 Å². The first-order chi connectivity index (χ1) is 10.1. The Hall–Kier alpha value is -1.90. The van der Waals surface area contributed by atoms with Gasteiger partial charge in [-0.25, -0.2) is 0 Å². The first kappa shape index (κ1) is 14.1. The molecule has 104 valence electrons. The number of para-hydroxylation sites is 1. The van der Waals surface area contributed by atoms with Gasteiger partial charge in [-0.3, -0.25) is 9.78 Å². The third-order valence-electron chi connectivity index (χ3n) is 3.30.